The van der Waals surface area contributed by atoms with Gasteiger partial charge >= 0.3 is 0 Å². The first-order valence-corrected chi connectivity index (χ1v) is 6.42. The van der Waals surface area contributed by atoms with Crippen LogP contribution < -0.4 is 4.57 Å². The van der Waals surface area contributed by atoms with E-state index in [9.17, 15) is 0 Å². The summed E-state index contributed by atoms with van der Waals surface area (Å²) in [5, 5.41) is 2.42. The first-order chi connectivity index (χ1) is 8.83. The molecule has 2 aromatic carbocycles. The van der Waals surface area contributed by atoms with Gasteiger partial charge in [-0.05, 0) is 12.1 Å². The van der Waals surface area contributed by atoms with Crippen LogP contribution in [0.25, 0.3) is 10.8 Å². The average Bonchev–Trinajstić information content (AvgIpc) is 2.40. The topological polar surface area (TPSA) is 3.88 Å². The molecular weight excluding hydrogens is 238 g/mol. The molecule has 0 aliphatic carbocycles. The number of nitrogens with zero attached hydrogens (tertiary/aromatic N) is 1. The van der Waals surface area contributed by atoms with Crippen LogP contribution in [-0.2, 0) is 6.54 Å². The molecule has 0 radical (unpaired) electrons. The van der Waals surface area contributed by atoms with E-state index >= 15 is 0 Å². The maximum absolute atomic E-state index is 4.47. The molecule has 1 aromatic heterocycles. The molecule has 0 atom stereocenters. The van der Waals surface area contributed by atoms with Crippen LogP contribution >= 0.6 is 12.6 Å². The summed E-state index contributed by atoms with van der Waals surface area (Å²) in [5.41, 5.74) is 1.31. The lowest BCUT2D eigenvalue weighted by molar-refractivity contribution is -0.687. The molecule has 0 aliphatic heterocycles. The van der Waals surface area contributed by atoms with Crippen LogP contribution in [0, 0.1) is 0 Å². The second-order valence-corrected chi connectivity index (χ2v) is 4.86. The lowest BCUT2D eigenvalue weighted by Gasteiger charge is -2.01. The summed E-state index contributed by atoms with van der Waals surface area (Å²) >= 11 is 4.47. The van der Waals surface area contributed by atoms with Gasteiger partial charge in [0.05, 0.1) is 0 Å². The first kappa shape index (κ1) is 11.3. The van der Waals surface area contributed by atoms with Crippen molar-refractivity contribution >= 4 is 23.4 Å². The minimum atomic E-state index is 0.896. The van der Waals surface area contributed by atoms with Gasteiger partial charge < -0.3 is 0 Å². The van der Waals surface area contributed by atoms with Gasteiger partial charge in [0.15, 0.2) is 18.9 Å². The van der Waals surface area contributed by atoms with Crippen LogP contribution in [0.2, 0.25) is 0 Å². The molecule has 2 heteroatoms. The van der Waals surface area contributed by atoms with E-state index in [1.54, 1.807) is 0 Å². The van der Waals surface area contributed by atoms with Crippen molar-refractivity contribution in [2.24, 2.45) is 0 Å². The van der Waals surface area contributed by atoms with E-state index in [0.29, 0.717) is 0 Å². The van der Waals surface area contributed by atoms with Crippen LogP contribution in [0.15, 0.2) is 71.9 Å². The predicted octanol–water partition coefficient (Wildman–Crippen LogP) is 3.46. The predicted molar refractivity (Wildman–Crippen MR) is 76.9 cm³/mol. The smallest absolute Gasteiger partial charge is 0.177 e. The van der Waals surface area contributed by atoms with Gasteiger partial charge in [0.1, 0.15) is 0 Å². The summed E-state index contributed by atoms with van der Waals surface area (Å²) in [6.07, 6.45) is 4.27. The van der Waals surface area contributed by atoms with E-state index < -0.39 is 0 Å². The Bertz CT molecular complexity index is 677. The normalized spacial score (nSPS) is 10.7. The Morgan fingerprint density at radius 1 is 0.889 bits per heavy atom. The molecule has 0 amide bonds. The van der Waals surface area contributed by atoms with Gasteiger partial charge in [0.25, 0.3) is 0 Å². The number of pyridine rings is 1. The van der Waals surface area contributed by atoms with Crippen LogP contribution in [-0.4, -0.2) is 0 Å². The summed E-state index contributed by atoms with van der Waals surface area (Å²) in [5.74, 6) is 0. The fraction of sp³-hybridized carbons (Fsp3) is 0.0625. The number of thiol groups is 1. The summed E-state index contributed by atoms with van der Waals surface area (Å²) < 4.78 is 2.20. The second-order valence-electron chi connectivity index (χ2n) is 4.38. The quantitative estimate of drug-likeness (QED) is 0.526. The highest BCUT2D eigenvalue weighted by Gasteiger charge is 2.05. The van der Waals surface area contributed by atoms with Crippen LogP contribution in [0.1, 0.15) is 5.56 Å². The number of fused-ring (bicyclic) bond motifs is 1. The third-order valence-corrected chi connectivity index (χ3v) is 3.45. The molecule has 88 valence electrons. The minimum absolute atomic E-state index is 0.896. The van der Waals surface area contributed by atoms with E-state index in [1.165, 1.54) is 16.3 Å². The van der Waals surface area contributed by atoms with Crippen molar-refractivity contribution in [1.82, 2.24) is 0 Å². The summed E-state index contributed by atoms with van der Waals surface area (Å²) in [6.45, 7) is 0.896. The Balaban J connectivity index is 1.99. The number of hydrogen-bond acceptors (Lipinski definition) is 1. The molecule has 3 rings (SSSR count). The van der Waals surface area contributed by atoms with Crippen molar-refractivity contribution in [2.75, 3.05) is 0 Å². The van der Waals surface area contributed by atoms with Crippen molar-refractivity contribution in [2.45, 2.75) is 11.4 Å². The molecule has 0 aliphatic rings. The van der Waals surface area contributed by atoms with Crippen LogP contribution in [0.3, 0.4) is 0 Å². The molecule has 0 saturated carbocycles. The largest absolute Gasteiger partial charge is 0.200 e. The van der Waals surface area contributed by atoms with Gasteiger partial charge in [-0.1, -0.05) is 36.4 Å². The fourth-order valence-electron chi connectivity index (χ4n) is 2.15. The third-order valence-electron chi connectivity index (χ3n) is 3.06. The highest BCUT2D eigenvalue weighted by atomic mass is 32.1. The van der Waals surface area contributed by atoms with E-state index in [4.69, 9.17) is 0 Å². The Morgan fingerprint density at radius 3 is 2.56 bits per heavy atom. The minimum Gasteiger partial charge on any atom is -0.200 e. The van der Waals surface area contributed by atoms with Crippen molar-refractivity contribution in [3.63, 3.8) is 0 Å². The maximum Gasteiger partial charge on any atom is 0.177 e. The Labute approximate surface area is 112 Å². The third kappa shape index (κ3) is 2.24. The van der Waals surface area contributed by atoms with Gasteiger partial charge in [-0.15, -0.1) is 12.6 Å². The van der Waals surface area contributed by atoms with E-state index in [1.807, 2.05) is 18.2 Å². The lowest BCUT2D eigenvalue weighted by atomic mass is 10.1. The molecule has 0 N–H and O–H groups in total. The SMILES string of the molecule is Sc1cccc2c[n+](Cc3ccccc3)ccc12. The molecule has 0 saturated heterocycles. The molecule has 0 bridgehead atoms. The van der Waals surface area contributed by atoms with Crippen molar-refractivity contribution in [1.29, 1.82) is 0 Å². The number of hydrogen-bond donors (Lipinski definition) is 1. The average molecular weight is 252 g/mol. The number of aromatic nitrogens is 1. The van der Waals surface area contributed by atoms with Gasteiger partial charge in [-0.25, -0.2) is 4.57 Å². The highest BCUT2D eigenvalue weighted by Crippen LogP contribution is 2.19. The van der Waals surface area contributed by atoms with Crippen molar-refractivity contribution in [3.05, 3.63) is 72.6 Å². The van der Waals surface area contributed by atoms with Gasteiger partial charge in [-0.3, -0.25) is 0 Å². The molecule has 1 nitrogen and oxygen atoms in total. The van der Waals surface area contributed by atoms with Gasteiger partial charge in [0, 0.05) is 27.3 Å². The molecule has 0 spiro atoms. The number of rotatable bonds is 2. The fourth-order valence-corrected chi connectivity index (χ4v) is 2.44. The lowest BCUT2D eigenvalue weighted by Crippen LogP contribution is -2.33. The summed E-state index contributed by atoms with van der Waals surface area (Å²) in [4.78, 5) is 1.03. The van der Waals surface area contributed by atoms with Crippen molar-refractivity contribution in [3.8, 4) is 0 Å². The van der Waals surface area contributed by atoms with E-state index in [2.05, 4.69) is 66.0 Å². The Morgan fingerprint density at radius 2 is 1.72 bits per heavy atom. The van der Waals surface area contributed by atoms with Crippen LogP contribution in [0.4, 0.5) is 0 Å². The Hall–Kier alpha value is -1.80. The van der Waals surface area contributed by atoms with E-state index in [0.717, 1.165) is 11.4 Å². The molecule has 18 heavy (non-hydrogen) atoms. The summed E-state index contributed by atoms with van der Waals surface area (Å²) in [6, 6.07) is 18.8. The molecule has 0 fully saturated rings. The maximum atomic E-state index is 4.47. The Kier molecular flexibility index (Phi) is 3.03. The molecule has 1 heterocycles. The molecule has 0 unspecified atom stereocenters. The first-order valence-electron chi connectivity index (χ1n) is 5.98. The van der Waals surface area contributed by atoms with E-state index in [-0.39, 0.29) is 0 Å². The van der Waals surface area contributed by atoms with Gasteiger partial charge in [-0.2, -0.15) is 0 Å². The van der Waals surface area contributed by atoms with Gasteiger partial charge in [0.2, 0.25) is 0 Å². The second kappa shape index (κ2) is 4.83. The number of benzene rings is 2. The van der Waals surface area contributed by atoms with Crippen LogP contribution in [0.5, 0.6) is 0 Å². The summed E-state index contributed by atoms with van der Waals surface area (Å²) in [7, 11) is 0. The highest BCUT2D eigenvalue weighted by molar-refractivity contribution is 7.80. The zero-order valence-corrected chi connectivity index (χ0v) is 10.8. The molecule has 3 aromatic rings. The monoisotopic (exact) mass is 252 g/mol. The van der Waals surface area contributed by atoms with Crippen molar-refractivity contribution < 1.29 is 4.57 Å². The zero-order valence-electron chi connectivity index (χ0n) is 9.95. The standard InChI is InChI=1S/C16H13NS/c18-16-8-4-7-14-12-17(10-9-15(14)16)11-13-5-2-1-3-6-13/h1-10,12H,11H2/p+1. The zero-order chi connectivity index (χ0) is 12.4. The molecular formula is C16H14NS+.